The summed E-state index contributed by atoms with van der Waals surface area (Å²) in [5.41, 5.74) is 1.65. The van der Waals surface area contributed by atoms with Crippen LogP contribution in [0.15, 0.2) is 42.6 Å². The Labute approximate surface area is 135 Å². The molecule has 2 aromatic rings. The van der Waals surface area contributed by atoms with E-state index >= 15 is 0 Å². The molecule has 0 saturated heterocycles. The highest BCUT2D eigenvalue weighted by atomic mass is 16.5. The number of nitrogens with zero attached hydrogens (tertiary/aromatic N) is 1. The minimum Gasteiger partial charge on any atom is -0.493 e. The number of hydrogen-bond donors (Lipinski definition) is 1. The van der Waals surface area contributed by atoms with Crippen LogP contribution in [0.1, 0.15) is 22.8 Å². The maximum absolute atomic E-state index is 12.4. The van der Waals surface area contributed by atoms with E-state index in [1.807, 2.05) is 25.1 Å². The molecule has 120 valence electrons. The quantitative estimate of drug-likeness (QED) is 0.921. The smallest absolute Gasteiger partial charge is 0.256 e. The molecule has 0 fully saturated rings. The molecule has 0 spiro atoms. The van der Waals surface area contributed by atoms with Crippen LogP contribution in [-0.2, 0) is 6.42 Å². The molecule has 23 heavy (non-hydrogen) atoms. The zero-order valence-corrected chi connectivity index (χ0v) is 13.1. The SMILES string of the molecule is CCOc1ncccc1C(=O)NCC1COc2ccccc2C1. The Hall–Kier alpha value is -2.56. The van der Waals surface area contributed by atoms with E-state index in [4.69, 9.17) is 9.47 Å². The van der Waals surface area contributed by atoms with E-state index in [1.165, 1.54) is 5.56 Å². The molecule has 0 radical (unpaired) electrons. The third-order valence-electron chi connectivity index (χ3n) is 3.80. The lowest BCUT2D eigenvalue weighted by molar-refractivity contribution is 0.0934. The number of ether oxygens (including phenoxy) is 2. The molecule has 0 bridgehead atoms. The van der Waals surface area contributed by atoms with Crippen molar-refractivity contribution in [2.24, 2.45) is 5.92 Å². The van der Waals surface area contributed by atoms with Crippen LogP contribution in [0.3, 0.4) is 0 Å². The molecule has 1 aliphatic heterocycles. The number of amides is 1. The summed E-state index contributed by atoms with van der Waals surface area (Å²) >= 11 is 0. The van der Waals surface area contributed by atoms with Crippen molar-refractivity contribution in [1.82, 2.24) is 10.3 Å². The molecule has 1 unspecified atom stereocenters. The second kappa shape index (κ2) is 7.13. The Morgan fingerprint density at radius 1 is 1.35 bits per heavy atom. The zero-order chi connectivity index (χ0) is 16.1. The number of rotatable bonds is 5. The third-order valence-corrected chi connectivity index (χ3v) is 3.80. The van der Waals surface area contributed by atoms with Gasteiger partial charge in [0, 0.05) is 18.7 Å². The fraction of sp³-hybridized carbons (Fsp3) is 0.333. The van der Waals surface area contributed by atoms with Gasteiger partial charge in [0.1, 0.15) is 11.3 Å². The summed E-state index contributed by atoms with van der Waals surface area (Å²) in [6, 6.07) is 11.5. The van der Waals surface area contributed by atoms with Gasteiger partial charge in [-0.2, -0.15) is 0 Å². The number of hydrogen-bond acceptors (Lipinski definition) is 4. The zero-order valence-electron chi connectivity index (χ0n) is 13.1. The van der Waals surface area contributed by atoms with Crippen molar-refractivity contribution in [1.29, 1.82) is 0 Å². The minimum absolute atomic E-state index is 0.166. The fourth-order valence-electron chi connectivity index (χ4n) is 2.67. The second-order valence-electron chi connectivity index (χ2n) is 5.49. The molecule has 1 N–H and O–H groups in total. The van der Waals surface area contributed by atoms with Crippen LogP contribution in [0.25, 0.3) is 0 Å². The summed E-state index contributed by atoms with van der Waals surface area (Å²) in [7, 11) is 0. The molecule has 0 aliphatic carbocycles. The monoisotopic (exact) mass is 312 g/mol. The van der Waals surface area contributed by atoms with Gasteiger partial charge >= 0.3 is 0 Å². The summed E-state index contributed by atoms with van der Waals surface area (Å²) in [4.78, 5) is 16.5. The van der Waals surface area contributed by atoms with E-state index in [9.17, 15) is 4.79 Å². The number of carbonyl (C=O) groups is 1. The van der Waals surface area contributed by atoms with Gasteiger partial charge in [-0.25, -0.2) is 4.98 Å². The fourth-order valence-corrected chi connectivity index (χ4v) is 2.67. The predicted molar refractivity (Wildman–Crippen MR) is 86.9 cm³/mol. The molecule has 1 aromatic heterocycles. The Bertz CT molecular complexity index is 687. The van der Waals surface area contributed by atoms with E-state index in [0.29, 0.717) is 31.2 Å². The number of para-hydroxylation sites is 1. The number of fused-ring (bicyclic) bond motifs is 1. The van der Waals surface area contributed by atoms with Gasteiger partial charge in [-0.05, 0) is 37.1 Å². The molecule has 1 amide bonds. The normalized spacial score (nSPS) is 16.1. The first-order valence-corrected chi connectivity index (χ1v) is 7.84. The molecule has 1 aliphatic rings. The summed E-state index contributed by atoms with van der Waals surface area (Å²) in [6.07, 6.45) is 2.52. The molecule has 2 heterocycles. The van der Waals surface area contributed by atoms with Crippen molar-refractivity contribution in [2.45, 2.75) is 13.3 Å². The summed E-state index contributed by atoms with van der Waals surface area (Å²) < 4.78 is 11.1. The molecule has 0 saturated carbocycles. The van der Waals surface area contributed by atoms with Gasteiger partial charge in [-0.3, -0.25) is 4.79 Å². The minimum atomic E-state index is -0.166. The molecule has 3 rings (SSSR count). The van der Waals surface area contributed by atoms with E-state index in [0.717, 1.165) is 12.2 Å². The van der Waals surface area contributed by atoms with Gasteiger partial charge in [0.25, 0.3) is 5.91 Å². The summed E-state index contributed by atoms with van der Waals surface area (Å²) in [6.45, 7) is 3.52. The van der Waals surface area contributed by atoms with Crippen LogP contribution >= 0.6 is 0 Å². The van der Waals surface area contributed by atoms with Gasteiger partial charge in [-0.15, -0.1) is 0 Å². The third kappa shape index (κ3) is 3.62. The first kappa shape index (κ1) is 15.3. The van der Waals surface area contributed by atoms with Gasteiger partial charge in [-0.1, -0.05) is 18.2 Å². The number of carbonyl (C=O) groups excluding carboxylic acids is 1. The van der Waals surface area contributed by atoms with Crippen molar-refractivity contribution in [3.05, 3.63) is 53.7 Å². The highest BCUT2D eigenvalue weighted by Crippen LogP contribution is 2.26. The van der Waals surface area contributed by atoms with Crippen LogP contribution in [0.4, 0.5) is 0 Å². The van der Waals surface area contributed by atoms with Crippen molar-refractivity contribution in [3.63, 3.8) is 0 Å². The lowest BCUT2D eigenvalue weighted by atomic mass is 9.96. The lowest BCUT2D eigenvalue weighted by Crippen LogP contribution is -2.35. The highest BCUT2D eigenvalue weighted by molar-refractivity contribution is 5.96. The average molecular weight is 312 g/mol. The number of aromatic nitrogens is 1. The van der Waals surface area contributed by atoms with Crippen LogP contribution in [0.5, 0.6) is 11.6 Å². The van der Waals surface area contributed by atoms with Crippen molar-refractivity contribution in [2.75, 3.05) is 19.8 Å². The van der Waals surface area contributed by atoms with Gasteiger partial charge in [0.15, 0.2) is 0 Å². The van der Waals surface area contributed by atoms with Crippen molar-refractivity contribution >= 4 is 5.91 Å². The topological polar surface area (TPSA) is 60.5 Å². The highest BCUT2D eigenvalue weighted by Gasteiger charge is 2.21. The molecule has 5 heteroatoms. The standard InChI is InChI=1S/C18H20N2O3/c1-2-22-18-15(7-5-9-19-18)17(21)20-11-13-10-14-6-3-4-8-16(14)23-12-13/h3-9,13H,2,10-12H2,1H3,(H,20,21). The Kier molecular flexibility index (Phi) is 4.76. The number of nitrogens with one attached hydrogen (secondary N) is 1. The number of pyridine rings is 1. The van der Waals surface area contributed by atoms with Crippen molar-refractivity contribution in [3.8, 4) is 11.6 Å². The molecule has 1 atom stereocenters. The van der Waals surface area contributed by atoms with Crippen LogP contribution in [-0.4, -0.2) is 30.6 Å². The largest absolute Gasteiger partial charge is 0.493 e. The first-order valence-electron chi connectivity index (χ1n) is 7.84. The first-order chi connectivity index (χ1) is 11.3. The average Bonchev–Trinajstić information content (AvgIpc) is 2.60. The number of benzene rings is 1. The van der Waals surface area contributed by atoms with Gasteiger partial charge in [0.2, 0.25) is 5.88 Å². The van der Waals surface area contributed by atoms with Crippen molar-refractivity contribution < 1.29 is 14.3 Å². The summed E-state index contributed by atoms with van der Waals surface area (Å²) in [5, 5.41) is 2.96. The van der Waals surface area contributed by atoms with Crippen LogP contribution in [0.2, 0.25) is 0 Å². The molecule has 1 aromatic carbocycles. The van der Waals surface area contributed by atoms with Gasteiger partial charge < -0.3 is 14.8 Å². The molecular weight excluding hydrogens is 292 g/mol. The maximum Gasteiger partial charge on any atom is 0.256 e. The molecular formula is C18H20N2O3. The second-order valence-corrected chi connectivity index (χ2v) is 5.49. The van der Waals surface area contributed by atoms with Crippen LogP contribution in [0, 0.1) is 5.92 Å². The van der Waals surface area contributed by atoms with Crippen LogP contribution < -0.4 is 14.8 Å². The van der Waals surface area contributed by atoms with E-state index in [-0.39, 0.29) is 11.8 Å². The Morgan fingerprint density at radius 2 is 2.22 bits per heavy atom. The van der Waals surface area contributed by atoms with E-state index < -0.39 is 0 Å². The Balaban J connectivity index is 1.60. The lowest BCUT2D eigenvalue weighted by Gasteiger charge is -2.25. The maximum atomic E-state index is 12.4. The summed E-state index contributed by atoms with van der Waals surface area (Å²) in [5.74, 6) is 1.42. The van der Waals surface area contributed by atoms with E-state index in [2.05, 4.69) is 16.4 Å². The predicted octanol–water partition coefficient (Wildman–Crippen LogP) is 2.46. The van der Waals surface area contributed by atoms with Gasteiger partial charge in [0.05, 0.1) is 13.2 Å². The van der Waals surface area contributed by atoms with E-state index in [1.54, 1.807) is 18.3 Å². The Morgan fingerprint density at radius 3 is 3.09 bits per heavy atom. The molecule has 5 nitrogen and oxygen atoms in total.